The molecule has 0 saturated carbocycles. The third-order valence-electron chi connectivity index (χ3n) is 4.27. The van der Waals surface area contributed by atoms with Crippen LogP contribution in [0.2, 0.25) is 0 Å². The molecule has 0 bridgehead atoms. The third-order valence-corrected chi connectivity index (χ3v) is 4.27. The van der Waals surface area contributed by atoms with Crippen molar-refractivity contribution in [2.75, 3.05) is 19.8 Å². The maximum atomic E-state index is 13.2. The number of para-hydroxylation sites is 1. The standard InChI is InChI=1S/C21H24N2O2/c1-2-25-14-8-13-22-20(16-9-4-3-5-10-16)21(24)18-15-23-19-12-7-6-11-17(18)19/h3-7,9-12,15,20,22-23H,2,8,13-14H2,1H3. The molecule has 4 nitrogen and oxygen atoms in total. The molecule has 130 valence electrons. The van der Waals surface area contributed by atoms with Crippen LogP contribution in [0.3, 0.4) is 0 Å². The Balaban J connectivity index is 1.82. The minimum atomic E-state index is -0.359. The van der Waals surface area contributed by atoms with Gasteiger partial charge in [0.15, 0.2) is 5.78 Å². The molecule has 1 unspecified atom stereocenters. The molecule has 2 N–H and O–H groups in total. The van der Waals surface area contributed by atoms with Gasteiger partial charge in [-0.25, -0.2) is 0 Å². The fourth-order valence-corrected chi connectivity index (χ4v) is 3.00. The highest BCUT2D eigenvalue weighted by atomic mass is 16.5. The lowest BCUT2D eigenvalue weighted by Crippen LogP contribution is -2.30. The number of nitrogens with one attached hydrogen (secondary N) is 2. The summed E-state index contributed by atoms with van der Waals surface area (Å²) >= 11 is 0. The van der Waals surface area contributed by atoms with Gasteiger partial charge in [-0.2, -0.15) is 0 Å². The molecule has 2 aromatic carbocycles. The molecule has 0 aliphatic rings. The molecule has 3 aromatic rings. The number of benzene rings is 2. The fourth-order valence-electron chi connectivity index (χ4n) is 3.00. The molecule has 3 rings (SSSR count). The molecule has 1 heterocycles. The van der Waals surface area contributed by atoms with Gasteiger partial charge >= 0.3 is 0 Å². The van der Waals surface area contributed by atoms with Gasteiger partial charge in [-0.3, -0.25) is 4.79 Å². The number of aromatic nitrogens is 1. The van der Waals surface area contributed by atoms with E-state index in [0.29, 0.717) is 6.61 Å². The zero-order valence-electron chi connectivity index (χ0n) is 14.5. The molecule has 4 heteroatoms. The molecule has 0 aliphatic heterocycles. The highest BCUT2D eigenvalue weighted by Gasteiger charge is 2.23. The minimum Gasteiger partial charge on any atom is -0.382 e. The molecular formula is C21H24N2O2. The van der Waals surface area contributed by atoms with Crippen LogP contribution in [0, 0.1) is 0 Å². The molecule has 0 radical (unpaired) electrons. The summed E-state index contributed by atoms with van der Waals surface area (Å²) in [5.41, 5.74) is 2.69. The normalized spacial score (nSPS) is 12.4. The Morgan fingerprint density at radius 3 is 2.68 bits per heavy atom. The van der Waals surface area contributed by atoms with E-state index in [9.17, 15) is 4.79 Å². The van der Waals surface area contributed by atoms with Crippen LogP contribution >= 0.6 is 0 Å². The van der Waals surface area contributed by atoms with Crippen molar-refractivity contribution in [3.63, 3.8) is 0 Å². The van der Waals surface area contributed by atoms with Crippen molar-refractivity contribution in [3.8, 4) is 0 Å². The zero-order chi connectivity index (χ0) is 17.5. The second kappa shape index (κ2) is 8.60. The summed E-state index contributed by atoms with van der Waals surface area (Å²) in [4.78, 5) is 16.4. The molecule has 1 aromatic heterocycles. The molecule has 25 heavy (non-hydrogen) atoms. The lowest BCUT2D eigenvalue weighted by molar-refractivity contribution is 0.0939. The Kier molecular flexibility index (Phi) is 5.99. The Bertz CT molecular complexity index is 811. The van der Waals surface area contributed by atoms with E-state index in [2.05, 4.69) is 10.3 Å². The number of aromatic amines is 1. The molecule has 0 amide bonds. The predicted octanol–water partition coefficient (Wildman–Crippen LogP) is 4.11. The minimum absolute atomic E-state index is 0.0834. The van der Waals surface area contributed by atoms with E-state index < -0.39 is 0 Å². The van der Waals surface area contributed by atoms with Crippen LogP contribution in [0.1, 0.15) is 35.3 Å². The first-order valence-corrected chi connectivity index (χ1v) is 8.77. The molecule has 0 spiro atoms. The number of ketones is 1. The summed E-state index contributed by atoms with van der Waals surface area (Å²) < 4.78 is 5.38. The van der Waals surface area contributed by atoms with E-state index in [0.717, 1.165) is 41.6 Å². The van der Waals surface area contributed by atoms with Crippen molar-refractivity contribution < 1.29 is 9.53 Å². The highest BCUT2D eigenvalue weighted by molar-refractivity contribution is 6.10. The van der Waals surface area contributed by atoms with Crippen molar-refractivity contribution in [1.82, 2.24) is 10.3 Å². The quantitative estimate of drug-likeness (QED) is 0.457. The summed E-state index contributed by atoms with van der Waals surface area (Å²) in [6.45, 7) is 4.14. The largest absolute Gasteiger partial charge is 0.382 e. The summed E-state index contributed by atoms with van der Waals surface area (Å²) in [7, 11) is 0. The topological polar surface area (TPSA) is 54.1 Å². The number of fused-ring (bicyclic) bond motifs is 1. The Hall–Kier alpha value is -2.43. The second-order valence-corrected chi connectivity index (χ2v) is 5.96. The van der Waals surface area contributed by atoms with Crippen molar-refractivity contribution in [2.24, 2.45) is 0 Å². The average molecular weight is 336 g/mol. The van der Waals surface area contributed by atoms with Crippen LogP contribution in [0.4, 0.5) is 0 Å². The van der Waals surface area contributed by atoms with Crippen molar-refractivity contribution >= 4 is 16.7 Å². The molecule has 0 saturated heterocycles. The summed E-state index contributed by atoms with van der Waals surface area (Å²) in [6.07, 6.45) is 2.68. The van der Waals surface area contributed by atoms with E-state index in [1.807, 2.05) is 67.7 Å². The fraction of sp³-hybridized carbons (Fsp3) is 0.286. The Labute approximate surface area is 148 Å². The van der Waals surface area contributed by atoms with Gasteiger partial charge in [-0.1, -0.05) is 48.5 Å². The highest BCUT2D eigenvalue weighted by Crippen LogP contribution is 2.24. The molecule has 0 fully saturated rings. The van der Waals surface area contributed by atoms with Crippen LogP contribution in [-0.4, -0.2) is 30.5 Å². The summed E-state index contributed by atoms with van der Waals surface area (Å²) in [5.74, 6) is 0.0834. The number of hydrogen-bond donors (Lipinski definition) is 2. The summed E-state index contributed by atoms with van der Waals surface area (Å²) in [5, 5.41) is 4.37. The van der Waals surface area contributed by atoms with Crippen molar-refractivity contribution in [1.29, 1.82) is 0 Å². The molecular weight excluding hydrogens is 312 g/mol. The third kappa shape index (κ3) is 4.16. The maximum absolute atomic E-state index is 13.2. The van der Waals surface area contributed by atoms with Crippen LogP contribution in [0.25, 0.3) is 10.9 Å². The van der Waals surface area contributed by atoms with Gasteiger partial charge in [0.1, 0.15) is 0 Å². The first-order valence-electron chi connectivity index (χ1n) is 8.77. The Morgan fingerprint density at radius 2 is 1.88 bits per heavy atom. The van der Waals surface area contributed by atoms with Gasteiger partial charge in [0, 0.05) is 35.9 Å². The SMILES string of the molecule is CCOCCCNC(C(=O)c1c[nH]c2ccccc12)c1ccccc1. The molecule has 0 aliphatic carbocycles. The van der Waals surface area contributed by atoms with E-state index in [4.69, 9.17) is 4.74 Å². The van der Waals surface area contributed by atoms with Gasteiger partial charge in [0.2, 0.25) is 0 Å². The maximum Gasteiger partial charge on any atom is 0.186 e. The van der Waals surface area contributed by atoms with Crippen molar-refractivity contribution in [3.05, 3.63) is 71.9 Å². The van der Waals surface area contributed by atoms with E-state index in [1.54, 1.807) is 0 Å². The second-order valence-electron chi connectivity index (χ2n) is 5.96. The van der Waals surface area contributed by atoms with Gasteiger partial charge in [0.05, 0.1) is 6.04 Å². The number of carbonyl (C=O) groups is 1. The van der Waals surface area contributed by atoms with E-state index in [1.165, 1.54) is 0 Å². The average Bonchev–Trinajstić information content (AvgIpc) is 3.09. The first kappa shape index (κ1) is 17.4. The predicted molar refractivity (Wildman–Crippen MR) is 101 cm³/mol. The Morgan fingerprint density at radius 1 is 1.12 bits per heavy atom. The number of Topliss-reactive ketones (excluding diaryl/α,β-unsaturated/α-hetero) is 1. The number of carbonyl (C=O) groups excluding carboxylic acids is 1. The van der Waals surface area contributed by atoms with Gasteiger partial charge in [0.25, 0.3) is 0 Å². The number of rotatable bonds is 9. The lowest BCUT2D eigenvalue weighted by atomic mass is 9.97. The van der Waals surface area contributed by atoms with Crippen LogP contribution in [0.5, 0.6) is 0 Å². The monoisotopic (exact) mass is 336 g/mol. The number of H-pyrrole nitrogens is 1. The smallest absolute Gasteiger partial charge is 0.186 e. The zero-order valence-corrected chi connectivity index (χ0v) is 14.5. The number of ether oxygens (including phenoxy) is 1. The summed E-state index contributed by atoms with van der Waals surface area (Å²) in [6, 6.07) is 17.4. The lowest BCUT2D eigenvalue weighted by Gasteiger charge is -2.18. The number of hydrogen-bond acceptors (Lipinski definition) is 3. The van der Waals surface area contributed by atoms with Crippen LogP contribution < -0.4 is 5.32 Å². The van der Waals surface area contributed by atoms with Crippen LogP contribution in [0.15, 0.2) is 60.8 Å². The van der Waals surface area contributed by atoms with Gasteiger partial charge < -0.3 is 15.0 Å². The van der Waals surface area contributed by atoms with Crippen molar-refractivity contribution in [2.45, 2.75) is 19.4 Å². The van der Waals surface area contributed by atoms with Crippen LogP contribution in [-0.2, 0) is 4.74 Å². The van der Waals surface area contributed by atoms with E-state index >= 15 is 0 Å². The molecule has 1 atom stereocenters. The van der Waals surface area contributed by atoms with E-state index in [-0.39, 0.29) is 11.8 Å². The van der Waals surface area contributed by atoms with Gasteiger partial charge in [-0.05, 0) is 31.5 Å². The first-order chi connectivity index (χ1) is 12.3. The van der Waals surface area contributed by atoms with Gasteiger partial charge in [-0.15, -0.1) is 0 Å².